The fraction of sp³-hybridized carbons (Fsp3) is 0.438. The lowest BCUT2D eigenvalue weighted by Gasteiger charge is -2.18. The van der Waals surface area contributed by atoms with Crippen LogP contribution < -0.4 is 0 Å². The van der Waals surface area contributed by atoms with E-state index in [-0.39, 0.29) is 23.2 Å². The number of aromatic nitrogens is 2. The first kappa shape index (κ1) is 20.4. The van der Waals surface area contributed by atoms with Crippen molar-refractivity contribution in [2.24, 2.45) is 0 Å². The van der Waals surface area contributed by atoms with Gasteiger partial charge in [-0.05, 0) is 18.2 Å². The predicted octanol–water partition coefficient (Wildman–Crippen LogP) is 2.42. The Morgan fingerprint density at radius 1 is 1.27 bits per heavy atom. The Labute approximate surface area is 157 Å². The van der Waals surface area contributed by atoms with Gasteiger partial charge in [-0.3, -0.25) is 4.79 Å². The molecule has 26 heavy (non-hydrogen) atoms. The van der Waals surface area contributed by atoms with Crippen LogP contribution in [0.4, 0.5) is 0 Å². The number of methoxy groups -OCH3 is 1. The molecule has 0 radical (unpaired) electrons. The van der Waals surface area contributed by atoms with Crippen LogP contribution >= 0.6 is 11.8 Å². The molecule has 0 atom stereocenters. The second kappa shape index (κ2) is 9.15. The second-order valence-corrected chi connectivity index (χ2v) is 8.15. The number of rotatable bonds is 9. The SMILES string of the molecule is CCN(CC)S(=O)(=O)c1cccc(-c2nnc(SCCC(=O)OC)o2)c1. The van der Waals surface area contributed by atoms with Crippen molar-refractivity contribution in [2.75, 3.05) is 26.0 Å². The predicted molar refractivity (Wildman–Crippen MR) is 97.2 cm³/mol. The fourth-order valence-electron chi connectivity index (χ4n) is 2.21. The van der Waals surface area contributed by atoms with E-state index >= 15 is 0 Å². The van der Waals surface area contributed by atoms with Crippen molar-refractivity contribution < 1.29 is 22.4 Å². The van der Waals surface area contributed by atoms with Gasteiger partial charge in [0.15, 0.2) is 0 Å². The van der Waals surface area contributed by atoms with E-state index in [1.54, 1.807) is 32.0 Å². The van der Waals surface area contributed by atoms with E-state index in [1.165, 1.54) is 29.2 Å². The molecule has 0 saturated carbocycles. The second-order valence-electron chi connectivity index (χ2n) is 5.16. The molecule has 0 unspecified atom stereocenters. The maximum Gasteiger partial charge on any atom is 0.306 e. The molecule has 8 nitrogen and oxygen atoms in total. The van der Waals surface area contributed by atoms with E-state index in [0.29, 0.717) is 29.6 Å². The van der Waals surface area contributed by atoms with Gasteiger partial charge in [0.05, 0.1) is 18.4 Å². The first-order chi connectivity index (χ1) is 12.4. The van der Waals surface area contributed by atoms with Gasteiger partial charge in [0.1, 0.15) is 0 Å². The van der Waals surface area contributed by atoms with Crippen molar-refractivity contribution >= 4 is 27.8 Å². The number of thioether (sulfide) groups is 1. The van der Waals surface area contributed by atoms with Crippen LogP contribution in [-0.2, 0) is 19.6 Å². The number of nitrogens with zero attached hydrogens (tertiary/aromatic N) is 3. The standard InChI is InChI=1S/C16H21N3O5S2/c1-4-19(5-2)26(21,22)13-8-6-7-12(11-13)15-17-18-16(24-15)25-10-9-14(20)23-3/h6-8,11H,4-5,9-10H2,1-3H3. The Morgan fingerprint density at radius 3 is 2.65 bits per heavy atom. The van der Waals surface area contributed by atoms with Crippen molar-refractivity contribution in [1.82, 2.24) is 14.5 Å². The van der Waals surface area contributed by atoms with Crippen LogP contribution in [0.3, 0.4) is 0 Å². The number of benzene rings is 1. The number of esters is 1. The van der Waals surface area contributed by atoms with Gasteiger partial charge in [-0.25, -0.2) is 8.42 Å². The molecule has 0 N–H and O–H groups in total. The molecule has 1 heterocycles. The number of ether oxygens (including phenoxy) is 1. The summed E-state index contributed by atoms with van der Waals surface area (Å²) in [5.41, 5.74) is 0.519. The van der Waals surface area contributed by atoms with Crippen LogP contribution in [0.2, 0.25) is 0 Å². The smallest absolute Gasteiger partial charge is 0.306 e. The molecule has 0 saturated heterocycles. The lowest BCUT2D eigenvalue weighted by molar-refractivity contribution is -0.140. The Hall–Kier alpha value is -1.91. The third kappa shape index (κ3) is 4.83. The minimum atomic E-state index is -3.56. The van der Waals surface area contributed by atoms with Crippen LogP contribution in [0.25, 0.3) is 11.5 Å². The van der Waals surface area contributed by atoms with E-state index in [9.17, 15) is 13.2 Å². The number of carbonyl (C=O) groups excluding carboxylic acids is 1. The summed E-state index contributed by atoms with van der Waals surface area (Å²) < 4.78 is 36.8. The highest BCUT2D eigenvalue weighted by molar-refractivity contribution is 7.99. The molecule has 1 aromatic heterocycles. The number of carbonyl (C=O) groups is 1. The Morgan fingerprint density at radius 2 is 2.00 bits per heavy atom. The van der Waals surface area contributed by atoms with Gasteiger partial charge in [-0.2, -0.15) is 4.31 Å². The average Bonchev–Trinajstić information content (AvgIpc) is 3.11. The number of hydrogen-bond donors (Lipinski definition) is 0. The normalized spacial score (nSPS) is 11.7. The van der Waals surface area contributed by atoms with Gasteiger partial charge in [-0.15, -0.1) is 10.2 Å². The van der Waals surface area contributed by atoms with Gasteiger partial charge in [0.25, 0.3) is 5.22 Å². The van der Waals surface area contributed by atoms with Crippen LogP contribution in [0.1, 0.15) is 20.3 Å². The number of sulfonamides is 1. The molecule has 0 aliphatic carbocycles. The third-order valence-corrected chi connectivity index (χ3v) is 6.46. The molecule has 1 aromatic carbocycles. The van der Waals surface area contributed by atoms with Gasteiger partial charge < -0.3 is 9.15 Å². The summed E-state index contributed by atoms with van der Waals surface area (Å²) >= 11 is 1.23. The zero-order chi connectivity index (χ0) is 19.2. The summed E-state index contributed by atoms with van der Waals surface area (Å²) in [6.07, 6.45) is 0.233. The lowest BCUT2D eigenvalue weighted by atomic mass is 10.2. The third-order valence-electron chi connectivity index (χ3n) is 3.59. The first-order valence-electron chi connectivity index (χ1n) is 8.06. The van der Waals surface area contributed by atoms with Crippen LogP contribution in [-0.4, -0.2) is 54.8 Å². The highest BCUT2D eigenvalue weighted by atomic mass is 32.2. The van der Waals surface area contributed by atoms with E-state index in [2.05, 4.69) is 14.9 Å². The summed E-state index contributed by atoms with van der Waals surface area (Å²) in [6, 6.07) is 6.40. The summed E-state index contributed by atoms with van der Waals surface area (Å²) in [7, 11) is -2.23. The fourth-order valence-corrected chi connectivity index (χ4v) is 4.39. The Kier molecular flexibility index (Phi) is 7.18. The molecule has 142 valence electrons. The van der Waals surface area contributed by atoms with Crippen molar-refractivity contribution in [2.45, 2.75) is 30.4 Å². The molecule has 0 aliphatic heterocycles. The summed E-state index contributed by atoms with van der Waals surface area (Å²) in [4.78, 5) is 11.3. The maximum atomic E-state index is 12.6. The molecule has 10 heteroatoms. The van der Waals surface area contributed by atoms with Crippen molar-refractivity contribution in [3.63, 3.8) is 0 Å². The van der Waals surface area contributed by atoms with E-state index in [1.807, 2.05) is 0 Å². The van der Waals surface area contributed by atoms with E-state index in [0.717, 1.165) is 0 Å². The highest BCUT2D eigenvalue weighted by Crippen LogP contribution is 2.26. The number of hydrogen-bond acceptors (Lipinski definition) is 8. The zero-order valence-electron chi connectivity index (χ0n) is 14.8. The largest absolute Gasteiger partial charge is 0.469 e. The molecular weight excluding hydrogens is 378 g/mol. The van der Waals surface area contributed by atoms with Crippen LogP contribution in [0, 0.1) is 0 Å². The van der Waals surface area contributed by atoms with Crippen molar-refractivity contribution in [3.05, 3.63) is 24.3 Å². The summed E-state index contributed by atoms with van der Waals surface area (Å²) in [6.45, 7) is 4.37. The Bertz CT molecular complexity index is 847. The molecule has 0 spiro atoms. The van der Waals surface area contributed by atoms with Gasteiger partial charge >= 0.3 is 5.97 Å². The minimum Gasteiger partial charge on any atom is -0.469 e. The average molecular weight is 399 g/mol. The molecule has 0 aliphatic rings. The topological polar surface area (TPSA) is 103 Å². The molecule has 0 fully saturated rings. The van der Waals surface area contributed by atoms with Crippen LogP contribution in [0.15, 0.2) is 38.8 Å². The first-order valence-corrected chi connectivity index (χ1v) is 10.5. The minimum absolute atomic E-state index is 0.178. The van der Waals surface area contributed by atoms with Crippen molar-refractivity contribution in [1.29, 1.82) is 0 Å². The lowest BCUT2D eigenvalue weighted by Crippen LogP contribution is -2.30. The van der Waals surface area contributed by atoms with Gasteiger partial charge in [0.2, 0.25) is 15.9 Å². The van der Waals surface area contributed by atoms with E-state index in [4.69, 9.17) is 4.42 Å². The zero-order valence-corrected chi connectivity index (χ0v) is 16.5. The van der Waals surface area contributed by atoms with Crippen molar-refractivity contribution in [3.8, 4) is 11.5 Å². The quantitative estimate of drug-likeness (QED) is 0.468. The summed E-state index contributed by atoms with van der Waals surface area (Å²) in [5, 5.41) is 8.17. The maximum absolute atomic E-state index is 12.6. The van der Waals surface area contributed by atoms with Gasteiger partial charge in [0, 0.05) is 24.4 Å². The highest BCUT2D eigenvalue weighted by Gasteiger charge is 2.22. The van der Waals surface area contributed by atoms with Gasteiger partial charge in [-0.1, -0.05) is 31.7 Å². The molecule has 0 amide bonds. The van der Waals surface area contributed by atoms with Crippen LogP contribution in [0.5, 0.6) is 0 Å². The molecule has 2 rings (SSSR count). The Balaban J connectivity index is 2.17. The molecule has 2 aromatic rings. The monoisotopic (exact) mass is 399 g/mol. The summed E-state index contributed by atoms with van der Waals surface area (Å²) in [5.74, 6) is 0.360. The molecule has 0 bridgehead atoms. The van der Waals surface area contributed by atoms with E-state index < -0.39 is 10.0 Å². The molecular formula is C16H21N3O5S2.